The third-order valence-electron chi connectivity index (χ3n) is 2.23. The first-order chi connectivity index (χ1) is 8.84. The highest BCUT2D eigenvalue weighted by Gasteiger charge is 2.20. The van der Waals surface area contributed by atoms with Gasteiger partial charge in [0.1, 0.15) is 12.4 Å². The van der Waals surface area contributed by atoms with E-state index >= 15 is 0 Å². The molecular formula is C12H15FN2O3S. The van der Waals surface area contributed by atoms with Gasteiger partial charge in [-0.3, -0.25) is 9.10 Å². The zero-order chi connectivity index (χ0) is 14.5. The summed E-state index contributed by atoms with van der Waals surface area (Å²) in [5.74, 6) is -1.06. The van der Waals surface area contributed by atoms with E-state index in [1.165, 1.54) is 24.3 Å². The van der Waals surface area contributed by atoms with Gasteiger partial charge in [0.25, 0.3) is 0 Å². The van der Waals surface area contributed by atoms with Crippen LogP contribution < -0.4 is 9.62 Å². The van der Waals surface area contributed by atoms with Gasteiger partial charge in [-0.1, -0.05) is 12.1 Å². The van der Waals surface area contributed by atoms with Gasteiger partial charge in [0.15, 0.2) is 0 Å². The van der Waals surface area contributed by atoms with Gasteiger partial charge >= 0.3 is 0 Å². The van der Waals surface area contributed by atoms with Crippen LogP contribution in [-0.4, -0.2) is 33.7 Å². The number of carbonyl (C=O) groups excluding carboxylic acids is 1. The lowest BCUT2D eigenvalue weighted by Crippen LogP contribution is -2.40. The monoisotopic (exact) mass is 286 g/mol. The number of rotatable bonds is 6. The van der Waals surface area contributed by atoms with Crippen LogP contribution in [0.5, 0.6) is 0 Å². The van der Waals surface area contributed by atoms with E-state index < -0.39 is 28.3 Å². The van der Waals surface area contributed by atoms with E-state index in [-0.39, 0.29) is 12.2 Å². The second-order valence-corrected chi connectivity index (χ2v) is 5.75. The highest BCUT2D eigenvalue weighted by atomic mass is 32.2. The van der Waals surface area contributed by atoms with E-state index in [0.29, 0.717) is 0 Å². The molecule has 5 nitrogen and oxygen atoms in total. The lowest BCUT2D eigenvalue weighted by atomic mass is 10.3. The molecule has 1 aromatic carbocycles. The molecule has 1 N–H and O–H groups in total. The topological polar surface area (TPSA) is 66.5 Å². The molecule has 0 radical (unpaired) electrons. The van der Waals surface area contributed by atoms with Crippen LogP contribution in [0.25, 0.3) is 0 Å². The number of sulfonamides is 1. The molecule has 0 saturated carbocycles. The van der Waals surface area contributed by atoms with Crippen molar-refractivity contribution in [3.05, 3.63) is 42.7 Å². The van der Waals surface area contributed by atoms with Crippen molar-refractivity contribution in [2.24, 2.45) is 0 Å². The zero-order valence-corrected chi connectivity index (χ0v) is 11.3. The molecule has 0 saturated heterocycles. The third-order valence-corrected chi connectivity index (χ3v) is 3.37. The molecule has 0 aliphatic rings. The van der Waals surface area contributed by atoms with Crippen molar-refractivity contribution in [1.29, 1.82) is 0 Å². The average Bonchev–Trinajstić information content (AvgIpc) is 2.32. The van der Waals surface area contributed by atoms with E-state index in [4.69, 9.17) is 0 Å². The first-order valence-corrected chi connectivity index (χ1v) is 7.30. The van der Waals surface area contributed by atoms with Gasteiger partial charge in [0.2, 0.25) is 15.9 Å². The maximum absolute atomic E-state index is 13.1. The molecular weight excluding hydrogens is 271 g/mol. The molecule has 0 fully saturated rings. The Bertz CT molecular complexity index is 572. The van der Waals surface area contributed by atoms with Crippen LogP contribution in [0.2, 0.25) is 0 Å². The molecule has 0 unspecified atom stereocenters. The molecule has 104 valence electrons. The molecule has 0 aliphatic carbocycles. The summed E-state index contributed by atoms with van der Waals surface area (Å²) >= 11 is 0. The van der Waals surface area contributed by atoms with Gasteiger partial charge in [-0.05, 0) is 18.2 Å². The summed E-state index contributed by atoms with van der Waals surface area (Å²) in [6.07, 6.45) is 2.43. The Hall–Kier alpha value is -1.89. The number of carbonyl (C=O) groups is 1. The van der Waals surface area contributed by atoms with Crippen molar-refractivity contribution >= 4 is 21.6 Å². The van der Waals surface area contributed by atoms with Crippen LogP contribution in [-0.2, 0) is 14.8 Å². The van der Waals surface area contributed by atoms with Crippen LogP contribution in [0.3, 0.4) is 0 Å². The molecule has 0 atom stereocenters. The standard InChI is InChI=1S/C12H15FN2O3S/c1-3-7-14-12(16)9-15(19(2,17)18)11-6-4-5-10(13)8-11/h3-6,8H,1,7,9H2,2H3,(H,14,16). The SMILES string of the molecule is C=CCNC(=O)CN(c1cccc(F)c1)S(C)(=O)=O. The summed E-state index contributed by atoms with van der Waals surface area (Å²) in [7, 11) is -3.67. The lowest BCUT2D eigenvalue weighted by molar-refractivity contribution is -0.119. The average molecular weight is 286 g/mol. The molecule has 1 amide bonds. The van der Waals surface area contributed by atoms with Crippen molar-refractivity contribution in [2.75, 3.05) is 23.7 Å². The van der Waals surface area contributed by atoms with Crippen LogP contribution in [0.15, 0.2) is 36.9 Å². The molecule has 0 spiro atoms. The molecule has 0 bridgehead atoms. The van der Waals surface area contributed by atoms with Crippen LogP contribution in [0.4, 0.5) is 10.1 Å². The largest absolute Gasteiger partial charge is 0.351 e. The summed E-state index contributed by atoms with van der Waals surface area (Å²) in [4.78, 5) is 11.6. The Morgan fingerprint density at radius 3 is 2.74 bits per heavy atom. The van der Waals surface area contributed by atoms with Crippen molar-refractivity contribution < 1.29 is 17.6 Å². The van der Waals surface area contributed by atoms with Gasteiger partial charge in [-0.2, -0.15) is 0 Å². The Morgan fingerprint density at radius 2 is 2.21 bits per heavy atom. The number of nitrogens with one attached hydrogen (secondary N) is 1. The molecule has 19 heavy (non-hydrogen) atoms. The minimum absolute atomic E-state index is 0.108. The van der Waals surface area contributed by atoms with E-state index in [1.54, 1.807) is 0 Å². The van der Waals surface area contributed by atoms with E-state index in [0.717, 1.165) is 16.6 Å². The van der Waals surface area contributed by atoms with E-state index in [2.05, 4.69) is 11.9 Å². The van der Waals surface area contributed by atoms with Gasteiger partial charge in [-0.15, -0.1) is 6.58 Å². The maximum atomic E-state index is 13.1. The summed E-state index contributed by atoms with van der Waals surface area (Å²) < 4.78 is 37.3. The molecule has 0 aliphatic heterocycles. The first-order valence-electron chi connectivity index (χ1n) is 5.45. The number of benzene rings is 1. The minimum Gasteiger partial charge on any atom is -0.351 e. The van der Waals surface area contributed by atoms with Crippen molar-refractivity contribution in [3.63, 3.8) is 0 Å². The summed E-state index contributed by atoms with van der Waals surface area (Å²) in [6, 6.07) is 5.05. The maximum Gasteiger partial charge on any atom is 0.241 e. The summed E-state index contributed by atoms with van der Waals surface area (Å²) in [5, 5.41) is 2.46. The van der Waals surface area contributed by atoms with Crippen LogP contribution >= 0.6 is 0 Å². The second kappa shape index (κ2) is 6.33. The quantitative estimate of drug-likeness (QED) is 0.790. The fourth-order valence-corrected chi connectivity index (χ4v) is 2.25. The highest BCUT2D eigenvalue weighted by molar-refractivity contribution is 7.92. The fourth-order valence-electron chi connectivity index (χ4n) is 1.40. The molecule has 0 aromatic heterocycles. The summed E-state index contributed by atoms with van der Waals surface area (Å²) in [6.45, 7) is 3.26. The van der Waals surface area contributed by atoms with Crippen LogP contribution in [0, 0.1) is 5.82 Å². The molecule has 7 heteroatoms. The van der Waals surface area contributed by atoms with Crippen LogP contribution in [0.1, 0.15) is 0 Å². The first kappa shape index (κ1) is 15.2. The van der Waals surface area contributed by atoms with Gasteiger partial charge in [0.05, 0.1) is 11.9 Å². The highest BCUT2D eigenvalue weighted by Crippen LogP contribution is 2.18. The van der Waals surface area contributed by atoms with Crippen molar-refractivity contribution in [3.8, 4) is 0 Å². The zero-order valence-electron chi connectivity index (χ0n) is 10.5. The van der Waals surface area contributed by atoms with Gasteiger partial charge in [-0.25, -0.2) is 12.8 Å². The number of halogens is 1. The number of hydrogen-bond acceptors (Lipinski definition) is 3. The van der Waals surface area contributed by atoms with Gasteiger partial charge < -0.3 is 5.32 Å². The van der Waals surface area contributed by atoms with Crippen molar-refractivity contribution in [1.82, 2.24) is 5.32 Å². The minimum atomic E-state index is -3.67. The van der Waals surface area contributed by atoms with E-state index in [1.807, 2.05) is 0 Å². The fraction of sp³-hybridized carbons (Fsp3) is 0.250. The van der Waals surface area contributed by atoms with E-state index in [9.17, 15) is 17.6 Å². The second-order valence-electron chi connectivity index (χ2n) is 3.84. The Morgan fingerprint density at radius 1 is 1.53 bits per heavy atom. The molecule has 1 rings (SSSR count). The number of hydrogen-bond donors (Lipinski definition) is 1. The summed E-state index contributed by atoms with van der Waals surface area (Å²) in [5.41, 5.74) is 0.108. The third kappa shape index (κ3) is 4.70. The normalized spacial score (nSPS) is 10.8. The Balaban J connectivity index is 2.97. The lowest BCUT2D eigenvalue weighted by Gasteiger charge is -2.21. The number of nitrogens with zero attached hydrogens (tertiary/aromatic N) is 1. The smallest absolute Gasteiger partial charge is 0.241 e. The van der Waals surface area contributed by atoms with Crippen molar-refractivity contribution in [2.45, 2.75) is 0 Å². The number of anilines is 1. The molecule has 1 aromatic rings. The Labute approximate surface area is 111 Å². The predicted molar refractivity (Wildman–Crippen MR) is 71.8 cm³/mol. The van der Waals surface area contributed by atoms with Gasteiger partial charge in [0, 0.05) is 6.54 Å². The Kier molecular flexibility index (Phi) is 5.05. The number of amides is 1. The molecule has 0 heterocycles. The predicted octanol–water partition coefficient (Wildman–Crippen LogP) is 0.894.